The first kappa shape index (κ1) is 13.1. The predicted molar refractivity (Wildman–Crippen MR) is 78.0 cm³/mol. The van der Waals surface area contributed by atoms with Crippen LogP contribution in [0.5, 0.6) is 11.5 Å². The Morgan fingerprint density at radius 1 is 1.00 bits per heavy atom. The highest BCUT2D eigenvalue weighted by atomic mass is 79.9. The van der Waals surface area contributed by atoms with Crippen LogP contribution < -0.4 is 10.5 Å². The van der Waals surface area contributed by atoms with Crippen molar-refractivity contribution in [1.82, 2.24) is 0 Å². The number of ether oxygens (including phenoxy) is 1. The van der Waals surface area contributed by atoms with E-state index in [4.69, 9.17) is 10.5 Å². The third-order valence-electron chi connectivity index (χ3n) is 2.80. The number of halogens is 1. The Hall–Kier alpha value is -1.32. The van der Waals surface area contributed by atoms with E-state index in [9.17, 15) is 0 Å². The minimum Gasteiger partial charge on any atom is -0.457 e. The smallest absolute Gasteiger partial charge is 0.128 e. The molecule has 0 saturated heterocycles. The van der Waals surface area contributed by atoms with Gasteiger partial charge in [0.15, 0.2) is 0 Å². The van der Waals surface area contributed by atoms with Crippen molar-refractivity contribution in [1.29, 1.82) is 0 Å². The third-order valence-corrected chi connectivity index (χ3v) is 4.06. The molecule has 0 aliphatic rings. The summed E-state index contributed by atoms with van der Waals surface area (Å²) < 4.78 is 6.97. The summed E-state index contributed by atoms with van der Waals surface area (Å²) in [5, 5.41) is 0. The van der Waals surface area contributed by atoms with Gasteiger partial charge >= 0.3 is 0 Å². The molecule has 0 unspecified atom stereocenters. The van der Waals surface area contributed by atoms with Gasteiger partial charge in [-0.2, -0.15) is 0 Å². The molecule has 94 valence electrons. The summed E-state index contributed by atoms with van der Waals surface area (Å²) in [5.41, 5.74) is 9.01. The van der Waals surface area contributed by atoms with Gasteiger partial charge in [-0.25, -0.2) is 0 Å². The first-order valence-electron chi connectivity index (χ1n) is 5.84. The second kappa shape index (κ2) is 5.55. The van der Waals surface area contributed by atoms with E-state index in [1.165, 1.54) is 11.1 Å². The van der Waals surface area contributed by atoms with Gasteiger partial charge in [0.2, 0.25) is 0 Å². The van der Waals surface area contributed by atoms with Crippen LogP contribution in [0.15, 0.2) is 40.9 Å². The third kappa shape index (κ3) is 2.92. The normalized spacial score (nSPS) is 10.4. The maximum absolute atomic E-state index is 5.83. The lowest BCUT2D eigenvalue weighted by atomic mass is 10.1. The van der Waals surface area contributed by atoms with E-state index in [1.54, 1.807) is 0 Å². The summed E-state index contributed by atoms with van der Waals surface area (Å²) in [6.07, 6.45) is 0. The zero-order chi connectivity index (χ0) is 13.1. The van der Waals surface area contributed by atoms with Crippen LogP contribution in [0.25, 0.3) is 0 Å². The lowest BCUT2D eigenvalue weighted by Crippen LogP contribution is -1.95. The average molecular weight is 306 g/mol. The molecule has 3 heteroatoms. The zero-order valence-electron chi connectivity index (χ0n) is 10.5. The fraction of sp³-hybridized carbons (Fsp3) is 0.200. The highest BCUT2D eigenvalue weighted by molar-refractivity contribution is 9.10. The molecule has 2 N–H and O–H groups in total. The van der Waals surface area contributed by atoms with Gasteiger partial charge in [0, 0.05) is 11.0 Å². The maximum atomic E-state index is 5.83. The van der Waals surface area contributed by atoms with Crippen LogP contribution in [0.3, 0.4) is 0 Å². The minimum absolute atomic E-state index is 0.552. The van der Waals surface area contributed by atoms with E-state index in [0.717, 1.165) is 21.5 Å². The lowest BCUT2D eigenvalue weighted by Gasteiger charge is -2.10. The summed E-state index contributed by atoms with van der Waals surface area (Å²) in [7, 11) is 0. The second-order valence-corrected chi connectivity index (χ2v) is 5.11. The Morgan fingerprint density at radius 3 is 2.06 bits per heavy atom. The molecule has 0 aliphatic heterocycles. The average Bonchev–Trinajstić information content (AvgIpc) is 2.37. The quantitative estimate of drug-likeness (QED) is 0.916. The van der Waals surface area contributed by atoms with Crippen molar-refractivity contribution >= 4 is 15.9 Å². The van der Waals surface area contributed by atoms with Crippen molar-refractivity contribution < 1.29 is 4.74 Å². The molecule has 0 atom stereocenters. The molecule has 0 saturated carbocycles. The highest BCUT2D eigenvalue weighted by Crippen LogP contribution is 2.29. The van der Waals surface area contributed by atoms with Gasteiger partial charge in [-0.05, 0) is 54.8 Å². The zero-order valence-corrected chi connectivity index (χ0v) is 12.1. The standard InChI is InChI=1S/C15H16BrNO/c1-10-7-14(8-11(2)15(10)16)18-13-5-3-12(9-17)4-6-13/h3-8H,9,17H2,1-2H3. The topological polar surface area (TPSA) is 35.2 Å². The molecule has 0 aromatic heterocycles. The second-order valence-electron chi connectivity index (χ2n) is 4.32. The van der Waals surface area contributed by atoms with Gasteiger partial charge in [0.25, 0.3) is 0 Å². The SMILES string of the molecule is Cc1cc(Oc2ccc(CN)cc2)cc(C)c1Br. The molecule has 2 aromatic carbocycles. The molecule has 0 radical (unpaired) electrons. The van der Waals surface area contributed by atoms with Gasteiger partial charge in [-0.15, -0.1) is 0 Å². The highest BCUT2D eigenvalue weighted by Gasteiger charge is 2.04. The molecule has 0 amide bonds. The van der Waals surface area contributed by atoms with Crippen molar-refractivity contribution in [3.05, 3.63) is 57.6 Å². The summed E-state index contributed by atoms with van der Waals surface area (Å²) in [6.45, 7) is 4.67. The van der Waals surface area contributed by atoms with Crippen molar-refractivity contribution in [2.75, 3.05) is 0 Å². The predicted octanol–water partition coefficient (Wildman–Crippen LogP) is 4.32. The fourth-order valence-corrected chi connectivity index (χ4v) is 2.02. The molecular weight excluding hydrogens is 290 g/mol. The molecule has 2 aromatic rings. The van der Waals surface area contributed by atoms with Gasteiger partial charge in [-0.3, -0.25) is 0 Å². The first-order valence-corrected chi connectivity index (χ1v) is 6.63. The number of hydrogen-bond acceptors (Lipinski definition) is 2. The van der Waals surface area contributed by atoms with Crippen LogP contribution in [-0.2, 0) is 6.54 Å². The van der Waals surface area contributed by atoms with E-state index in [0.29, 0.717) is 6.54 Å². The minimum atomic E-state index is 0.552. The number of benzene rings is 2. The van der Waals surface area contributed by atoms with Gasteiger partial charge in [0.05, 0.1) is 0 Å². The number of nitrogens with two attached hydrogens (primary N) is 1. The van der Waals surface area contributed by atoms with Crippen molar-refractivity contribution in [3.8, 4) is 11.5 Å². The van der Waals surface area contributed by atoms with Crippen LogP contribution in [0, 0.1) is 13.8 Å². The van der Waals surface area contributed by atoms with Crippen LogP contribution in [-0.4, -0.2) is 0 Å². The molecule has 0 heterocycles. The van der Waals surface area contributed by atoms with Gasteiger partial charge in [0.1, 0.15) is 11.5 Å². The van der Waals surface area contributed by atoms with E-state index in [-0.39, 0.29) is 0 Å². The molecule has 0 fully saturated rings. The monoisotopic (exact) mass is 305 g/mol. The molecule has 0 aliphatic carbocycles. The molecular formula is C15H16BrNO. The largest absolute Gasteiger partial charge is 0.457 e. The van der Waals surface area contributed by atoms with E-state index in [2.05, 4.69) is 29.8 Å². The van der Waals surface area contributed by atoms with Gasteiger partial charge in [-0.1, -0.05) is 28.1 Å². The Kier molecular flexibility index (Phi) is 4.04. The molecule has 18 heavy (non-hydrogen) atoms. The van der Waals surface area contributed by atoms with Crippen molar-refractivity contribution in [2.45, 2.75) is 20.4 Å². The fourth-order valence-electron chi connectivity index (χ4n) is 1.79. The molecule has 2 rings (SSSR count). The maximum Gasteiger partial charge on any atom is 0.128 e. The molecule has 0 bridgehead atoms. The van der Waals surface area contributed by atoms with Crippen LogP contribution >= 0.6 is 15.9 Å². The van der Waals surface area contributed by atoms with E-state index < -0.39 is 0 Å². The Bertz CT molecular complexity index is 526. The summed E-state index contributed by atoms with van der Waals surface area (Å²) in [6, 6.07) is 11.9. The van der Waals surface area contributed by atoms with Crippen LogP contribution in [0.2, 0.25) is 0 Å². The van der Waals surface area contributed by atoms with Gasteiger partial charge < -0.3 is 10.5 Å². The Morgan fingerprint density at radius 2 is 1.56 bits per heavy atom. The Balaban J connectivity index is 2.23. The first-order chi connectivity index (χ1) is 8.60. The summed E-state index contributed by atoms with van der Waals surface area (Å²) in [4.78, 5) is 0. The number of hydrogen-bond donors (Lipinski definition) is 1. The number of aryl methyl sites for hydroxylation is 2. The van der Waals surface area contributed by atoms with E-state index >= 15 is 0 Å². The summed E-state index contributed by atoms with van der Waals surface area (Å²) >= 11 is 3.55. The molecule has 0 spiro atoms. The van der Waals surface area contributed by atoms with Crippen molar-refractivity contribution in [2.24, 2.45) is 5.73 Å². The number of rotatable bonds is 3. The van der Waals surface area contributed by atoms with Crippen LogP contribution in [0.4, 0.5) is 0 Å². The van der Waals surface area contributed by atoms with E-state index in [1.807, 2.05) is 36.4 Å². The van der Waals surface area contributed by atoms with Crippen molar-refractivity contribution in [3.63, 3.8) is 0 Å². The lowest BCUT2D eigenvalue weighted by molar-refractivity contribution is 0.481. The molecule has 2 nitrogen and oxygen atoms in total. The Labute approximate surface area is 116 Å². The van der Waals surface area contributed by atoms with Crippen LogP contribution in [0.1, 0.15) is 16.7 Å². The summed E-state index contributed by atoms with van der Waals surface area (Å²) in [5.74, 6) is 1.68.